The van der Waals surface area contributed by atoms with Gasteiger partial charge in [0, 0.05) is 13.0 Å². The van der Waals surface area contributed by atoms with Crippen LogP contribution in [-0.2, 0) is 27.2 Å². The molecule has 0 spiro atoms. The van der Waals surface area contributed by atoms with Gasteiger partial charge in [-0.3, -0.25) is 19.3 Å². The van der Waals surface area contributed by atoms with Crippen LogP contribution in [0, 0.1) is 0 Å². The van der Waals surface area contributed by atoms with Crippen LogP contribution in [0.5, 0.6) is 5.75 Å². The van der Waals surface area contributed by atoms with Crippen molar-refractivity contribution < 1.29 is 28.7 Å². The van der Waals surface area contributed by atoms with Crippen LogP contribution in [0.1, 0.15) is 31.8 Å². The molecule has 8 heteroatoms. The Morgan fingerprint density at radius 2 is 1.44 bits per heavy atom. The Bertz CT molecular complexity index is 1220. The molecule has 0 saturated heterocycles. The van der Waals surface area contributed by atoms with Gasteiger partial charge in [0.1, 0.15) is 11.8 Å². The number of esters is 1. The van der Waals surface area contributed by atoms with E-state index in [-0.39, 0.29) is 17.5 Å². The molecule has 36 heavy (non-hydrogen) atoms. The normalized spacial score (nSPS) is 13.2. The minimum Gasteiger partial charge on any atom is -0.497 e. The van der Waals surface area contributed by atoms with E-state index < -0.39 is 36.3 Å². The molecule has 1 N–H and O–H groups in total. The van der Waals surface area contributed by atoms with E-state index in [2.05, 4.69) is 5.32 Å². The Morgan fingerprint density at radius 1 is 0.833 bits per heavy atom. The first-order valence-corrected chi connectivity index (χ1v) is 11.5. The summed E-state index contributed by atoms with van der Waals surface area (Å²) in [5, 5.41) is 2.71. The molecule has 4 rings (SSSR count). The predicted octanol–water partition coefficient (Wildman–Crippen LogP) is 2.80. The second-order valence-electron chi connectivity index (χ2n) is 8.29. The van der Waals surface area contributed by atoms with Gasteiger partial charge >= 0.3 is 5.97 Å². The SMILES string of the molecule is COc1ccc(CCNC(=O)COC(=O)[C@H](Cc2ccccc2)N2C(=O)c3ccccc3C2=O)cc1. The highest BCUT2D eigenvalue weighted by atomic mass is 16.5. The molecule has 1 aliphatic rings. The van der Waals surface area contributed by atoms with Gasteiger partial charge in [-0.15, -0.1) is 0 Å². The van der Waals surface area contributed by atoms with Gasteiger partial charge in [-0.05, 0) is 41.8 Å². The van der Waals surface area contributed by atoms with Crippen molar-refractivity contribution in [2.24, 2.45) is 0 Å². The van der Waals surface area contributed by atoms with Crippen LogP contribution in [0.25, 0.3) is 0 Å². The molecule has 184 valence electrons. The number of fused-ring (bicyclic) bond motifs is 1. The van der Waals surface area contributed by atoms with Gasteiger partial charge in [0.05, 0.1) is 18.2 Å². The van der Waals surface area contributed by atoms with Crippen molar-refractivity contribution in [3.05, 3.63) is 101 Å². The van der Waals surface area contributed by atoms with E-state index in [0.29, 0.717) is 13.0 Å². The summed E-state index contributed by atoms with van der Waals surface area (Å²) >= 11 is 0. The van der Waals surface area contributed by atoms with Crippen molar-refractivity contribution in [3.63, 3.8) is 0 Å². The molecule has 3 amide bonds. The molecule has 8 nitrogen and oxygen atoms in total. The molecule has 0 bridgehead atoms. The number of rotatable bonds is 10. The third-order valence-electron chi connectivity index (χ3n) is 5.92. The Labute approximate surface area is 208 Å². The summed E-state index contributed by atoms with van der Waals surface area (Å²) in [7, 11) is 1.59. The molecular weight excluding hydrogens is 460 g/mol. The smallest absolute Gasteiger partial charge is 0.330 e. The van der Waals surface area contributed by atoms with Crippen molar-refractivity contribution in [3.8, 4) is 5.75 Å². The number of ether oxygens (including phenoxy) is 2. The summed E-state index contributed by atoms with van der Waals surface area (Å²) in [6, 6.07) is 21.7. The molecule has 1 aliphatic heterocycles. The van der Waals surface area contributed by atoms with Crippen molar-refractivity contribution in [1.29, 1.82) is 0 Å². The zero-order valence-corrected chi connectivity index (χ0v) is 19.8. The highest BCUT2D eigenvalue weighted by Gasteiger charge is 2.43. The third-order valence-corrected chi connectivity index (χ3v) is 5.92. The standard InChI is InChI=1S/C28H26N2O6/c1-35-21-13-11-19(12-14-21)15-16-29-25(31)18-36-28(34)24(17-20-7-3-2-4-8-20)30-26(32)22-9-5-6-10-23(22)27(30)33/h2-14,24H,15-18H2,1H3,(H,29,31)/t24-/m0/s1. The lowest BCUT2D eigenvalue weighted by atomic mass is 10.0. The van der Waals surface area contributed by atoms with Gasteiger partial charge < -0.3 is 14.8 Å². The number of hydrogen-bond donors (Lipinski definition) is 1. The molecule has 0 aromatic heterocycles. The van der Waals surface area contributed by atoms with Crippen LogP contribution in [0.2, 0.25) is 0 Å². The number of amides is 3. The third kappa shape index (κ3) is 5.60. The lowest BCUT2D eigenvalue weighted by Gasteiger charge is -2.24. The maximum Gasteiger partial charge on any atom is 0.330 e. The molecular formula is C28H26N2O6. The Kier molecular flexibility index (Phi) is 7.75. The van der Waals surface area contributed by atoms with Gasteiger partial charge in [0.2, 0.25) is 0 Å². The molecule has 1 heterocycles. The zero-order chi connectivity index (χ0) is 25.5. The highest BCUT2D eigenvalue weighted by Crippen LogP contribution is 2.26. The van der Waals surface area contributed by atoms with Crippen LogP contribution in [-0.4, -0.2) is 54.9 Å². The minimum atomic E-state index is -1.20. The fourth-order valence-electron chi connectivity index (χ4n) is 4.03. The Hall–Kier alpha value is -4.46. The van der Waals surface area contributed by atoms with Gasteiger partial charge in [-0.25, -0.2) is 4.79 Å². The Balaban J connectivity index is 1.38. The molecule has 0 unspecified atom stereocenters. The van der Waals surface area contributed by atoms with E-state index in [4.69, 9.17) is 9.47 Å². The predicted molar refractivity (Wildman–Crippen MR) is 132 cm³/mol. The number of hydrogen-bond acceptors (Lipinski definition) is 6. The number of imide groups is 1. The average Bonchev–Trinajstić information content (AvgIpc) is 3.16. The number of benzene rings is 3. The van der Waals surface area contributed by atoms with Crippen LogP contribution >= 0.6 is 0 Å². The van der Waals surface area contributed by atoms with Crippen LogP contribution < -0.4 is 10.1 Å². The number of carbonyl (C=O) groups excluding carboxylic acids is 4. The van der Waals surface area contributed by atoms with Gasteiger partial charge in [-0.2, -0.15) is 0 Å². The maximum atomic E-state index is 13.1. The first kappa shape index (κ1) is 24.7. The summed E-state index contributed by atoms with van der Waals surface area (Å²) in [5.74, 6) is -1.66. The number of carbonyl (C=O) groups is 4. The van der Waals surface area contributed by atoms with Crippen LogP contribution in [0.15, 0.2) is 78.9 Å². The van der Waals surface area contributed by atoms with Crippen LogP contribution in [0.3, 0.4) is 0 Å². The summed E-state index contributed by atoms with van der Waals surface area (Å²) in [6.07, 6.45) is 0.666. The number of nitrogens with zero attached hydrogens (tertiary/aromatic N) is 1. The van der Waals surface area contributed by atoms with Crippen molar-refractivity contribution in [1.82, 2.24) is 10.2 Å². The highest BCUT2D eigenvalue weighted by molar-refractivity contribution is 6.22. The molecule has 0 fully saturated rings. The van der Waals surface area contributed by atoms with E-state index in [1.165, 1.54) is 0 Å². The first-order valence-electron chi connectivity index (χ1n) is 11.5. The molecule has 3 aromatic carbocycles. The van der Waals surface area contributed by atoms with E-state index in [1.54, 1.807) is 55.6 Å². The molecule has 1 atom stereocenters. The lowest BCUT2D eigenvalue weighted by Crippen LogP contribution is -2.47. The quantitative estimate of drug-likeness (QED) is 0.349. The second kappa shape index (κ2) is 11.3. The number of methoxy groups -OCH3 is 1. The number of nitrogens with one attached hydrogen (secondary N) is 1. The topological polar surface area (TPSA) is 102 Å². The minimum absolute atomic E-state index is 0.0736. The van der Waals surface area contributed by atoms with E-state index >= 15 is 0 Å². The van der Waals surface area contributed by atoms with E-state index in [1.807, 2.05) is 30.3 Å². The molecule has 0 radical (unpaired) electrons. The van der Waals surface area contributed by atoms with Gasteiger partial charge in [0.25, 0.3) is 17.7 Å². The largest absolute Gasteiger partial charge is 0.497 e. The fourth-order valence-corrected chi connectivity index (χ4v) is 4.03. The average molecular weight is 487 g/mol. The second-order valence-corrected chi connectivity index (χ2v) is 8.29. The molecule has 0 saturated carbocycles. The lowest BCUT2D eigenvalue weighted by molar-refractivity contribution is -0.152. The summed E-state index contributed by atoms with van der Waals surface area (Å²) < 4.78 is 10.4. The van der Waals surface area contributed by atoms with Crippen molar-refractivity contribution in [2.75, 3.05) is 20.3 Å². The van der Waals surface area contributed by atoms with Gasteiger partial charge in [0.15, 0.2) is 6.61 Å². The zero-order valence-electron chi connectivity index (χ0n) is 19.8. The summed E-state index contributed by atoms with van der Waals surface area (Å²) in [6.45, 7) is -0.162. The van der Waals surface area contributed by atoms with Crippen molar-refractivity contribution >= 4 is 23.7 Å². The van der Waals surface area contributed by atoms with E-state index in [9.17, 15) is 19.2 Å². The first-order chi connectivity index (χ1) is 17.5. The maximum absolute atomic E-state index is 13.1. The van der Waals surface area contributed by atoms with Gasteiger partial charge in [-0.1, -0.05) is 54.6 Å². The monoisotopic (exact) mass is 486 g/mol. The Morgan fingerprint density at radius 3 is 2.06 bits per heavy atom. The molecule has 3 aromatic rings. The molecule has 0 aliphatic carbocycles. The fraction of sp³-hybridized carbons (Fsp3) is 0.214. The van der Waals surface area contributed by atoms with Crippen LogP contribution in [0.4, 0.5) is 0 Å². The van der Waals surface area contributed by atoms with Crippen molar-refractivity contribution in [2.45, 2.75) is 18.9 Å². The summed E-state index contributed by atoms with van der Waals surface area (Å²) in [4.78, 5) is 52.3. The summed E-state index contributed by atoms with van der Waals surface area (Å²) in [5.41, 5.74) is 2.25. The van der Waals surface area contributed by atoms with E-state index in [0.717, 1.165) is 21.8 Å².